The molecule has 19 heavy (non-hydrogen) atoms. The smallest absolute Gasteiger partial charge is 0.212 e. The molecule has 0 aliphatic heterocycles. The Morgan fingerprint density at radius 1 is 1.37 bits per heavy atom. The first-order chi connectivity index (χ1) is 9.00. The summed E-state index contributed by atoms with van der Waals surface area (Å²) in [6.07, 6.45) is 3.08. The summed E-state index contributed by atoms with van der Waals surface area (Å²) in [4.78, 5) is 0. The van der Waals surface area contributed by atoms with Crippen molar-refractivity contribution in [3.05, 3.63) is 33.8 Å². The van der Waals surface area contributed by atoms with Gasteiger partial charge in [-0.05, 0) is 49.6 Å². The monoisotopic (exact) mass is 346 g/mol. The second-order valence-corrected chi connectivity index (χ2v) is 7.79. The zero-order valence-corrected chi connectivity index (χ0v) is 13.4. The lowest BCUT2D eigenvalue weighted by molar-refractivity contribution is 0.469. The normalized spacial score (nSPS) is 19.2. The number of rotatable bonds is 5. The van der Waals surface area contributed by atoms with E-state index in [0.29, 0.717) is 12.6 Å². The van der Waals surface area contributed by atoms with Crippen LogP contribution in [0.1, 0.15) is 17.5 Å². The number of nitrogens with one attached hydrogen (secondary N) is 2. The summed E-state index contributed by atoms with van der Waals surface area (Å²) in [5.74, 6) is 0.132. The summed E-state index contributed by atoms with van der Waals surface area (Å²) in [6, 6.07) is 6.77. The Labute approximate surface area is 123 Å². The van der Waals surface area contributed by atoms with Crippen molar-refractivity contribution < 1.29 is 8.42 Å². The van der Waals surface area contributed by atoms with Gasteiger partial charge in [-0.15, -0.1) is 0 Å². The molecule has 2 rings (SSSR count). The molecule has 0 bridgehead atoms. The summed E-state index contributed by atoms with van der Waals surface area (Å²) in [6.45, 7) is 0.500. The first kappa shape index (κ1) is 15.0. The molecule has 1 aromatic carbocycles. The third-order valence-corrected chi connectivity index (χ3v) is 5.37. The van der Waals surface area contributed by atoms with E-state index in [9.17, 15) is 8.42 Å². The van der Waals surface area contributed by atoms with Crippen LogP contribution in [-0.2, 0) is 22.9 Å². The quantitative estimate of drug-likeness (QED) is 0.848. The molecular weight excluding hydrogens is 328 g/mol. The van der Waals surface area contributed by atoms with Crippen LogP contribution in [0.15, 0.2) is 22.7 Å². The molecule has 0 saturated heterocycles. The summed E-state index contributed by atoms with van der Waals surface area (Å²) in [5, 5.41) is 3.34. The van der Waals surface area contributed by atoms with Crippen LogP contribution >= 0.6 is 15.9 Å². The molecule has 0 spiro atoms. The topological polar surface area (TPSA) is 58.2 Å². The maximum absolute atomic E-state index is 11.3. The van der Waals surface area contributed by atoms with Gasteiger partial charge in [0.05, 0.1) is 5.75 Å². The summed E-state index contributed by atoms with van der Waals surface area (Å²) >= 11 is 3.49. The molecule has 0 saturated carbocycles. The Bertz CT molecular complexity index is 546. The lowest BCUT2D eigenvalue weighted by Crippen LogP contribution is -2.38. The highest BCUT2D eigenvalue weighted by molar-refractivity contribution is 9.10. The zero-order valence-electron chi connectivity index (χ0n) is 10.9. The van der Waals surface area contributed by atoms with Crippen LogP contribution in [0.4, 0.5) is 0 Å². The van der Waals surface area contributed by atoms with Gasteiger partial charge in [0.1, 0.15) is 0 Å². The Morgan fingerprint density at radius 2 is 2.16 bits per heavy atom. The molecule has 4 nitrogen and oxygen atoms in total. The second-order valence-electron chi connectivity index (χ2n) is 4.83. The molecule has 1 aliphatic rings. The number of benzene rings is 1. The van der Waals surface area contributed by atoms with Crippen LogP contribution in [0.5, 0.6) is 0 Å². The SMILES string of the molecule is CNS(=O)(=O)CCNC1CCc2cc(Br)ccc2C1. The predicted molar refractivity (Wildman–Crippen MR) is 80.8 cm³/mol. The Balaban J connectivity index is 1.87. The van der Waals surface area contributed by atoms with E-state index in [0.717, 1.165) is 23.7 Å². The second kappa shape index (κ2) is 6.35. The maximum atomic E-state index is 11.3. The van der Waals surface area contributed by atoms with Gasteiger partial charge in [0.2, 0.25) is 10.0 Å². The average molecular weight is 347 g/mol. The minimum atomic E-state index is -3.11. The largest absolute Gasteiger partial charge is 0.313 e. The fourth-order valence-corrected chi connectivity index (χ4v) is 3.40. The molecule has 1 atom stereocenters. The lowest BCUT2D eigenvalue weighted by Gasteiger charge is -2.25. The molecular formula is C13H19BrN2O2S. The number of halogens is 1. The maximum Gasteiger partial charge on any atom is 0.212 e. The average Bonchev–Trinajstić information content (AvgIpc) is 2.39. The Morgan fingerprint density at radius 3 is 2.89 bits per heavy atom. The highest BCUT2D eigenvalue weighted by Gasteiger charge is 2.18. The van der Waals surface area contributed by atoms with Gasteiger partial charge in [-0.1, -0.05) is 22.0 Å². The number of hydrogen-bond donors (Lipinski definition) is 2. The number of fused-ring (bicyclic) bond motifs is 1. The van der Waals surface area contributed by atoms with Crippen LogP contribution in [0, 0.1) is 0 Å². The van der Waals surface area contributed by atoms with Crippen molar-refractivity contribution in [2.75, 3.05) is 19.3 Å². The van der Waals surface area contributed by atoms with E-state index in [-0.39, 0.29) is 5.75 Å². The molecule has 0 heterocycles. The summed E-state index contributed by atoms with van der Waals surface area (Å²) < 4.78 is 26.1. The van der Waals surface area contributed by atoms with Crippen molar-refractivity contribution in [2.45, 2.75) is 25.3 Å². The third kappa shape index (κ3) is 4.27. The molecule has 2 N–H and O–H groups in total. The minimum Gasteiger partial charge on any atom is -0.313 e. The highest BCUT2D eigenvalue weighted by atomic mass is 79.9. The molecule has 1 aliphatic carbocycles. The van der Waals surface area contributed by atoms with Crippen LogP contribution < -0.4 is 10.0 Å². The van der Waals surface area contributed by atoms with Crippen molar-refractivity contribution in [2.24, 2.45) is 0 Å². The van der Waals surface area contributed by atoms with E-state index in [1.807, 2.05) is 0 Å². The van der Waals surface area contributed by atoms with Gasteiger partial charge in [-0.2, -0.15) is 0 Å². The molecule has 0 aromatic heterocycles. The van der Waals surface area contributed by atoms with Crippen LogP contribution in [0.25, 0.3) is 0 Å². The number of hydrogen-bond acceptors (Lipinski definition) is 3. The molecule has 1 unspecified atom stereocenters. The first-order valence-corrected chi connectivity index (χ1v) is 8.86. The van der Waals surface area contributed by atoms with Gasteiger partial charge < -0.3 is 5.32 Å². The third-order valence-electron chi connectivity index (χ3n) is 3.51. The molecule has 0 amide bonds. The molecule has 1 aromatic rings. The lowest BCUT2D eigenvalue weighted by atomic mass is 9.88. The van der Waals surface area contributed by atoms with E-state index < -0.39 is 10.0 Å². The molecule has 6 heteroatoms. The fourth-order valence-electron chi connectivity index (χ4n) is 2.40. The van der Waals surface area contributed by atoms with Crippen molar-refractivity contribution >= 4 is 26.0 Å². The van der Waals surface area contributed by atoms with Crippen LogP contribution in [0.3, 0.4) is 0 Å². The van der Waals surface area contributed by atoms with E-state index in [1.54, 1.807) is 0 Å². The van der Waals surface area contributed by atoms with E-state index >= 15 is 0 Å². The van der Waals surface area contributed by atoms with E-state index in [2.05, 4.69) is 44.2 Å². The number of aryl methyl sites for hydroxylation is 1. The Hall–Kier alpha value is -0.430. The van der Waals surface area contributed by atoms with Crippen molar-refractivity contribution in [1.82, 2.24) is 10.0 Å². The number of sulfonamides is 1. The molecule has 0 fully saturated rings. The van der Waals surface area contributed by atoms with E-state index in [4.69, 9.17) is 0 Å². The van der Waals surface area contributed by atoms with Gasteiger partial charge in [0, 0.05) is 17.1 Å². The van der Waals surface area contributed by atoms with Crippen molar-refractivity contribution in [3.63, 3.8) is 0 Å². The fraction of sp³-hybridized carbons (Fsp3) is 0.538. The standard InChI is InChI=1S/C13H19BrN2O2S/c1-15-19(17,18)7-6-16-13-5-3-10-8-12(14)4-2-11(10)9-13/h2,4,8,13,15-16H,3,5-7,9H2,1H3. The van der Waals surface area contributed by atoms with E-state index in [1.165, 1.54) is 18.2 Å². The van der Waals surface area contributed by atoms with Crippen molar-refractivity contribution in [1.29, 1.82) is 0 Å². The zero-order chi connectivity index (χ0) is 13.9. The molecule has 106 valence electrons. The first-order valence-electron chi connectivity index (χ1n) is 6.42. The van der Waals surface area contributed by atoms with Crippen LogP contribution in [0.2, 0.25) is 0 Å². The van der Waals surface area contributed by atoms with Gasteiger partial charge >= 0.3 is 0 Å². The predicted octanol–water partition coefficient (Wildman–Crippen LogP) is 1.45. The highest BCUT2D eigenvalue weighted by Crippen LogP contribution is 2.24. The summed E-state index contributed by atoms with van der Waals surface area (Å²) in [5.41, 5.74) is 2.76. The van der Waals surface area contributed by atoms with Crippen molar-refractivity contribution in [3.8, 4) is 0 Å². The summed E-state index contributed by atoms with van der Waals surface area (Å²) in [7, 11) is -1.66. The van der Waals surface area contributed by atoms with Gasteiger partial charge in [0.15, 0.2) is 0 Å². The van der Waals surface area contributed by atoms with Gasteiger partial charge in [-0.3, -0.25) is 0 Å². The minimum absolute atomic E-state index is 0.132. The van der Waals surface area contributed by atoms with Crippen LogP contribution in [-0.4, -0.2) is 33.8 Å². The Kier molecular flexibility index (Phi) is 5.00. The van der Waals surface area contributed by atoms with Gasteiger partial charge in [0.25, 0.3) is 0 Å². The molecule has 0 radical (unpaired) electrons. The van der Waals surface area contributed by atoms with Gasteiger partial charge in [-0.25, -0.2) is 13.1 Å².